The summed E-state index contributed by atoms with van der Waals surface area (Å²) in [5.41, 5.74) is 0.107. The Morgan fingerprint density at radius 2 is 1.71 bits per heavy atom. The SMILES string of the molecule is O=C1CS[C@@H](c2cccc(F)c2)N1c1c(F)cccc1F. The summed E-state index contributed by atoms with van der Waals surface area (Å²) in [6.45, 7) is 0. The molecule has 0 unspecified atom stereocenters. The second-order valence-electron chi connectivity index (χ2n) is 4.55. The van der Waals surface area contributed by atoms with Crippen LogP contribution in [-0.4, -0.2) is 11.7 Å². The van der Waals surface area contributed by atoms with E-state index >= 15 is 0 Å². The van der Waals surface area contributed by atoms with Crippen molar-refractivity contribution in [3.63, 3.8) is 0 Å². The van der Waals surface area contributed by atoms with Crippen LogP contribution in [0.25, 0.3) is 0 Å². The molecule has 0 spiro atoms. The predicted molar refractivity (Wildman–Crippen MR) is 75.4 cm³/mol. The summed E-state index contributed by atoms with van der Waals surface area (Å²) in [7, 11) is 0. The first-order valence-corrected chi connectivity index (χ1v) is 7.26. The van der Waals surface area contributed by atoms with E-state index < -0.39 is 28.7 Å². The van der Waals surface area contributed by atoms with Crippen LogP contribution in [0.15, 0.2) is 42.5 Å². The standard InChI is InChI=1S/C15H10F3NOS/c16-10-4-1-3-9(7-10)15-19(13(20)8-21-15)14-11(17)5-2-6-12(14)18/h1-7,15H,8H2/t15-/m0/s1. The molecule has 108 valence electrons. The molecule has 0 bridgehead atoms. The molecule has 6 heteroatoms. The highest BCUT2D eigenvalue weighted by Gasteiger charge is 2.37. The number of para-hydroxylation sites is 1. The van der Waals surface area contributed by atoms with Crippen LogP contribution in [0.4, 0.5) is 18.9 Å². The average Bonchev–Trinajstić information content (AvgIpc) is 2.81. The van der Waals surface area contributed by atoms with Gasteiger partial charge in [0.05, 0.1) is 5.75 Å². The molecule has 1 aliphatic heterocycles. The minimum Gasteiger partial charge on any atom is -0.290 e. The molecular weight excluding hydrogens is 299 g/mol. The number of amides is 1. The summed E-state index contributed by atoms with van der Waals surface area (Å²) in [4.78, 5) is 13.1. The van der Waals surface area contributed by atoms with Gasteiger partial charge in [0.15, 0.2) is 0 Å². The van der Waals surface area contributed by atoms with Crippen molar-refractivity contribution in [2.75, 3.05) is 10.7 Å². The van der Waals surface area contributed by atoms with E-state index in [1.807, 2.05) is 0 Å². The zero-order chi connectivity index (χ0) is 15.0. The summed E-state index contributed by atoms with van der Waals surface area (Å²) in [5.74, 6) is -2.39. The Labute approximate surface area is 123 Å². The fourth-order valence-corrected chi connectivity index (χ4v) is 3.44. The molecule has 0 N–H and O–H groups in total. The molecule has 2 aromatic carbocycles. The van der Waals surface area contributed by atoms with Crippen LogP contribution in [0.1, 0.15) is 10.9 Å². The first kappa shape index (κ1) is 14.0. The molecule has 0 aromatic heterocycles. The number of benzene rings is 2. The normalized spacial score (nSPS) is 18.3. The maximum absolute atomic E-state index is 13.9. The summed E-state index contributed by atoms with van der Waals surface area (Å²) >= 11 is 1.21. The van der Waals surface area contributed by atoms with Crippen molar-refractivity contribution in [1.82, 2.24) is 0 Å². The van der Waals surface area contributed by atoms with Gasteiger partial charge in [-0.15, -0.1) is 11.8 Å². The van der Waals surface area contributed by atoms with E-state index in [1.165, 1.54) is 36.0 Å². The second kappa shape index (κ2) is 5.44. The van der Waals surface area contributed by atoms with Crippen LogP contribution >= 0.6 is 11.8 Å². The number of anilines is 1. The van der Waals surface area contributed by atoms with E-state index in [1.54, 1.807) is 6.07 Å². The molecule has 2 aromatic rings. The summed E-state index contributed by atoms with van der Waals surface area (Å²) in [6, 6.07) is 9.10. The highest BCUT2D eigenvalue weighted by atomic mass is 32.2. The van der Waals surface area contributed by atoms with E-state index in [-0.39, 0.29) is 11.4 Å². The van der Waals surface area contributed by atoms with Gasteiger partial charge < -0.3 is 0 Å². The Morgan fingerprint density at radius 3 is 2.38 bits per heavy atom. The van der Waals surface area contributed by atoms with Crippen molar-refractivity contribution >= 4 is 23.4 Å². The van der Waals surface area contributed by atoms with Crippen LogP contribution < -0.4 is 4.90 Å². The first-order valence-electron chi connectivity index (χ1n) is 6.21. The molecular formula is C15H10F3NOS. The number of halogens is 3. The Balaban J connectivity index is 2.08. The summed E-state index contributed by atoms with van der Waals surface area (Å²) in [5, 5.41) is -0.639. The number of carbonyl (C=O) groups is 1. The van der Waals surface area contributed by atoms with Crippen LogP contribution in [-0.2, 0) is 4.79 Å². The molecule has 0 aliphatic carbocycles. The monoisotopic (exact) mass is 309 g/mol. The Kier molecular flexibility index (Phi) is 3.63. The van der Waals surface area contributed by atoms with Gasteiger partial charge >= 0.3 is 0 Å². The van der Waals surface area contributed by atoms with Crippen molar-refractivity contribution in [3.05, 3.63) is 65.5 Å². The lowest BCUT2D eigenvalue weighted by molar-refractivity contribution is -0.115. The zero-order valence-corrected chi connectivity index (χ0v) is 11.5. The molecule has 21 heavy (non-hydrogen) atoms. The van der Waals surface area contributed by atoms with Crippen molar-refractivity contribution in [1.29, 1.82) is 0 Å². The van der Waals surface area contributed by atoms with Gasteiger partial charge in [-0.05, 0) is 29.8 Å². The van der Waals surface area contributed by atoms with E-state index in [9.17, 15) is 18.0 Å². The third kappa shape index (κ3) is 2.51. The van der Waals surface area contributed by atoms with E-state index in [4.69, 9.17) is 0 Å². The van der Waals surface area contributed by atoms with Crippen molar-refractivity contribution in [2.24, 2.45) is 0 Å². The minimum atomic E-state index is -0.813. The second-order valence-corrected chi connectivity index (χ2v) is 5.62. The van der Waals surface area contributed by atoms with Gasteiger partial charge in [0, 0.05) is 0 Å². The number of rotatable bonds is 2. The fraction of sp³-hybridized carbons (Fsp3) is 0.133. The fourth-order valence-electron chi connectivity index (χ4n) is 2.29. The molecule has 0 radical (unpaired) electrons. The lowest BCUT2D eigenvalue weighted by Gasteiger charge is -2.25. The number of carbonyl (C=O) groups excluding carboxylic acids is 1. The van der Waals surface area contributed by atoms with E-state index in [2.05, 4.69) is 0 Å². The number of nitrogens with zero attached hydrogens (tertiary/aromatic N) is 1. The maximum atomic E-state index is 13.9. The largest absolute Gasteiger partial charge is 0.290 e. The van der Waals surface area contributed by atoms with Crippen LogP contribution in [0, 0.1) is 17.5 Å². The zero-order valence-electron chi connectivity index (χ0n) is 10.7. The molecule has 1 aliphatic rings. The van der Waals surface area contributed by atoms with Gasteiger partial charge in [-0.1, -0.05) is 18.2 Å². The number of hydrogen-bond acceptors (Lipinski definition) is 2. The van der Waals surface area contributed by atoms with Gasteiger partial charge in [-0.3, -0.25) is 9.69 Å². The van der Waals surface area contributed by atoms with Gasteiger partial charge in [0.1, 0.15) is 28.5 Å². The molecule has 3 rings (SSSR count). The lowest BCUT2D eigenvalue weighted by Crippen LogP contribution is -2.29. The highest BCUT2D eigenvalue weighted by molar-refractivity contribution is 8.00. The molecule has 2 nitrogen and oxygen atoms in total. The molecule has 1 fully saturated rings. The number of hydrogen-bond donors (Lipinski definition) is 0. The summed E-state index contributed by atoms with van der Waals surface area (Å²) < 4.78 is 41.2. The lowest BCUT2D eigenvalue weighted by atomic mass is 10.1. The van der Waals surface area contributed by atoms with E-state index in [0.29, 0.717) is 5.56 Å². The average molecular weight is 309 g/mol. The van der Waals surface area contributed by atoms with Gasteiger partial charge in [0.25, 0.3) is 0 Å². The van der Waals surface area contributed by atoms with E-state index in [0.717, 1.165) is 17.0 Å². The van der Waals surface area contributed by atoms with Crippen molar-refractivity contribution in [2.45, 2.75) is 5.37 Å². The van der Waals surface area contributed by atoms with Crippen molar-refractivity contribution < 1.29 is 18.0 Å². The quantitative estimate of drug-likeness (QED) is 0.839. The predicted octanol–water partition coefficient (Wildman–Crippen LogP) is 3.88. The third-order valence-corrected chi connectivity index (χ3v) is 4.39. The minimum absolute atomic E-state index is 0.0922. The van der Waals surface area contributed by atoms with Gasteiger partial charge in [-0.2, -0.15) is 0 Å². The van der Waals surface area contributed by atoms with Gasteiger partial charge in [0.2, 0.25) is 5.91 Å². The molecule has 0 saturated carbocycles. The molecule has 1 saturated heterocycles. The highest BCUT2D eigenvalue weighted by Crippen LogP contribution is 2.43. The third-order valence-electron chi connectivity index (χ3n) is 3.18. The Hall–Kier alpha value is -1.95. The van der Waals surface area contributed by atoms with Crippen LogP contribution in [0.3, 0.4) is 0 Å². The van der Waals surface area contributed by atoms with Gasteiger partial charge in [-0.25, -0.2) is 13.2 Å². The smallest absolute Gasteiger partial charge is 0.238 e. The summed E-state index contributed by atoms with van der Waals surface area (Å²) in [6.07, 6.45) is 0. The Morgan fingerprint density at radius 1 is 1.05 bits per heavy atom. The van der Waals surface area contributed by atoms with Crippen LogP contribution in [0.5, 0.6) is 0 Å². The molecule has 1 atom stereocenters. The molecule has 1 heterocycles. The Bertz CT molecular complexity index is 687. The van der Waals surface area contributed by atoms with Crippen LogP contribution in [0.2, 0.25) is 0 Å². The topological polar surface area (TPSA) is 20.3 Å². The van der Waals surface area contributed by atoms with Crippen molar-refractivity contribution in [3.8, 4) is 0 Å². The first-order chi connectivity index (χ1) is 10.1. The molecule has 1 amide bonds. The maximum Gasteiger partial charge on any atom is 0.238 e. The number of thioether (sulfide) groups is 1.